The normalized spacial score (nSPS) is 15.7. The highest BCUT2D eigenvalue weighted by molar-refractivity contribution is 8.01. The van der Waals surface area contributed by atoms with Gasteiger partial charge in [0.1, 0.15) is 0 Å². The summed E-state index contributed by atoms with van der Waals surface area (Å²) in [5.74, 6) is 1.15. The maximum Gasteiger partial charge on any atom is 0.230 e. The third-order valence-electron chi connectivity index (χ3n) is 3.63. The number of nitrogens with one attached hydrogen (secondary N) is 2. The Balaban J connectivity index is 1.61. The van der Waals surface area contributed by atoms with Crippen LogP contribution in [0.15, 0.2) is 4.34 Å². The molecule has 2 N–H and O–H groups in total. The molecule has 2 rings (SSSR count). The van der Waals surface area contributed by atoms with Crippen LogP contribution in [0.4, 0.5) is 5.13 Å². The Kier molecular flexibility index (Phi) is 7.96. The van der Waals surface area contributed by atoms with Gasteiger partial charge >= 0.3 is 0 Å². The number of carbonyl (C=O) groups excluding carboxylic acids is 1. The first kappa shape index (κ1) is 17.5. The highest BCUT2D eigenvalue weighted by Crippen LogP contribution is 2.25. The van der Waals surface area contributed by atoms with E-state index in [-0.39, 0.29) is 5.91 Å². The SMILES string of the molecule is COCCNc1nnc(SCC(=O)NCC2CCCCC2)s1. The van der Waals surface area contributed by atoms with E-state index in [1.165, 1.54) is 55.2 Å². The lowest BCUT2D eigenvalue weighted by Gasteiger charge is -2.21. The zero-order valence-electron chi connectivity index (χ0n) is 13.0. The predicted molar refractivity (Wildman–Crippen MR) is 90.6 cm³/mol. The fraction of sp³-hybridized carbons (Fsp3) is 0.786. The molecule has 124 valence electrons. The molecule has 1 saturated carbocycles. The second-order valence-electron chi connectivity index (χ2n) is 5.39. The summed E-state index contributed by atoms with van der Waals surface area (Å²) in [4.78, 5) is 11.9. The van der Waals surface area contributed by atoms with E-state index in [4.69, 9.17) is 4.74 Å². The van der Waals surface area contributed by atoms with E-state index >= 15 is 0 Å². The van der Waals surface area contributed by atoms with Gasteiger partial charge in [-0.2, -0.15) is 0 Å². The molecule has 1 heterocycles. The Hall–Kier alpha value is -0.860. The number of thioether (sulfide) groups is 1. The summed E-state index contributed by atoms with van der Waals surface area (Å²) in [6.45, 7) is 2.16. The number of nitrogens with zero attached hydrogens (tertiary/aromatic N) is 2. The van der Waals surface area contributed by atoms with Gasteiger partial charge in [-0.15, -0.1) is 10.2 Å². The van der Waals surface area contributed by atoms with Crippen LogP contribution in [-0.2, 0) is 9.53 Å². The Labute approximate surface area is 139 Å². The molecule has 1 aliphatic rings. The van der Waals surface area contributed by atoms with Gasteiger partial charge in [0.05, 0.1) is 12.4 Å². The molecule has 0 unspecified atom stereocenters. The van der Waals surface area contributed by atoms with Crippen LogP contribution in [0.5, 0.6) is 0 Å². The van der Waals surface area contributed by atoms with Gasteiger partial charge in [-0.1, -0.05) is 42.4 Å². The highest BCUT2D eigenvalue weighted by atomic mass is 32.2. The van der Waals surface area contributed by atoms with Crippen molar-refractivity contribution in [3.63, 3.8) is 0 Å². The lowest BCUT2D eigenvalue weighted by atomic mass is 9.89. The summed E-state index contributed by atoms with van der Waals surface area (Å²) < 4.78 is 5.77. The zero-order valence-corrected chi connectivity index (χ0v) is 14.6. The molecule has 0 bridgehead atoms. The molecule has 22 heavy (non-hydrogen) atoms. The second-order valence-corrected chi connectivity index (χ2v) is 7.59. The third-order valence-corrected chi connectivity index (χ3v) is 5.64. The zero-order chi connectivity index (χ0) is 15.6. The van der Waals surface area contributed by atoms with E-state index in [2.05, 4.69) is 20.8 Å². The first-order valence-electron chi connectivity index (χ1n) is 7.73. The number of hydrogen-bond donors (Lipinski definition) is 2. The first-order chi connectivity index (χ1) is 10.8. The molecule has 0 spiro atoms. The number of hydrogen-bond acceptors (Lipinski definition) is 7. The van der Waals surface area contributed by atoms with Gasteiger partial charge in [-0.25, -0.2) is 0 Å². The Morgan fingerprint density at radius 3 is 2.95 bits per heavy atom. The van der Waals surface area contributed by atoms with Crippen molar-refractivity contribution in [3.8, 4) is 0 Å². The topological polar surface area (TPSA) is 76.1 Å². The minimum Gasteiger partial charge on any atom is -0.383 e. The molecule has 6 nitrogen and oxygen atoms in total. The van der Waals surface area contributed by atoms with Gasteiger partial charge in [0.25, 0.3) is 0 Å². The van der Waals surface area contributed by atoms with Crippen molar-refractivity contribution in [2.45, 2.75) is 36.4 Å². The largest absolute Gasteiger partial charge is 0.383 e. The number of ether oxygens (including phenoxy) is 1. The maximum atomic E-state index is 11.9. The summed E-state index contributed by atoms with van der Waals surface area (Å²) in [6, 6.07) is 0. The summed E-state index contributed by atoms with van der Waals surface area (Å²) in [5.41, 5.74) is 0. The Morgan fingerprint density at radius 1 is 1.36 bits per heavy atom. The fourth-order valence-electron chi connectivity index (χ4n) is 2.43. The average Bonchev–Trinajstić information content (AvgIpc) is 3.00. The molecule has 1 fully saturated rings. The van der Waals surface area contributed by atoms with Crippen LogP contribution < -0.4 is 10.6 Å². The number of aromatic nitrogens is 2. The molecular weight excluding hydrogens is 320 g/mol. The van der Waals surface area contributed by atoms with Crippen molar-refractivity contribution in [2.24, 2.45) is 5.92 Å². The van der Waals surface area contributed by atoms with E-state index in [1.54, 1.807) is 7.11 Å². The molecule has 1 aliphatic carbocycles. The summed E-state index contributed by atoms with van der Waals surface area (Å²) in [6.07, 6.45) is 6.45. The Morgan fingerprint density at radius 2 is 2.18 bits per heavy atom. The molecule has 0 saturated heterocycles. The molecule has 1 amide bonds. The molecule has 8 heteroatoms. The van der Waals surface area contributed by atoms with E-state index in [0.29, 0.717) is 24.8 Å². The second kappa shape index (κ2) is 10.0. The van der Waals surface area contributed by atoms with Crippen molar-refractivity contribution in [1.82, 2.24) is 15.5 Å². The predicted octanol–water partition coefficient (Wildman–Crippen LogP) is 2.38. The molecule has 1 aromatic rings. The lowest BCUT2D eigenvalue weighted by Crippen LogP contribution is -2.31. The fourth-order valence-corrected chi connectivity index (χ4v) is 4.03. The van der Waals surface area contributed by atoms with E-state index < -0.39 is 0 Å². The molecule has 0 aliphatic heterocycles. The van der Waals surface area contributed by atoms with Gasteiger partial charge in [-0.3, -0.25) is 4.79 Å². The minimum absolute atomic E-state index is 0.0830. The number of anilines is 1. The highest BCUT2D eigenvalue weighted by Gasteiger charge is 2.14. The Bertz CT molecular complexity index is 450. The maximum absolute atomic E-state index is 11.9. The van der Waals surface area contributed by atoms with Gasteiger partial charge in [0.15, 0.2) is 4.34 Å². The van der Waals surface area contributed by atoms with Gasteiger partial charge in [-0.05, 0) is 18.8 Å². The van der Waals surface area contributed by atoms with Crippen LogP contribution in [0.25, 0.3) is 0 Å². The van der Waals surface area contributed by atoms with Crippen molar-refractivity contribution in [2.75, 3.05) is 37.9 Å². The number of methoxy groups -OCH3 is 1. The monoisotopic (exact) mass is 344 g/mol. The summed E-state index contributed by atoms with van der Waals surface area (Å²) in [5, 5.41) is 15.0. The standard InChI is InChI=1S/C14H24N4O2S2/c1-20-8-7-15-13-17-18-14(22-13)21-10-12(19)16-9-11-5-3-2-4-6-11/h11H,2-10H2,1H3,(H,15,17)(H,16,19). The molecule has 1 aromatic heterocycles. The lowest BCUT2D eigenvalue weighted by molar-refractivity contribution is -0.118. The van der Waals surface area contributed by atoms with Crippen LogP contribution in [0, 0.1) is 5.92 Å². The van der Waals surface area contributed by atoms with Crippen LogP contribution in [0.3, 0.4) is 0 Å². The number of rotatable bonds is 9. The van der Waals surface area contributed by atoms with E-state index in [0.717, 1.165) is 16.0 Å². The average molecular weight is 345 g/mol. The smallest absolute Gasteiger partial charge is 0.230 e. The van der Waals surface area contributed by atoms with Crippen molar-refractivity contribution < 1.29 is 9.53 Å². The third kappa shape index (κ3) is 6.50. The molecule has 0 aromatic carbocycles. The van der Waals surface area contributed by atoms with Gasteiger partial charge < -0.3 is 15.4 Å². The van der Waals surface area contributed by atoms with Gasteiger partial charge in [0.2, 0.25) is 11.0 Å². The molecule has 0 atom stereocenters. The van der Waals surface area contributed by atoms with Crippen LogP contribution in [0.2, 0.25) is 0 Å². The van der Waals surface area contributed by atoms with Crippen molar-refractivity contribution >= 4 is 34.1 Å². The summed E-state index contributed by atoms with van der Waals surface area (Å²) >= 11 is 2.90. The number of amides is 1. The minimum atomic E-state index is 0.0830. The van der Waals surface area contributed by atoms with E-state index in [9.17, 15) is 4.79 Å². The quantitative estimate of drug-likeness (QED) is 0.529. The number of carbonyl (C=O) groups is 1. The van der Waals surface area contributed by atoms with Crippen molar-refractivity contribution in [1.29, 1.82) is 0 Å². The van der Waals surface area contributed by atoms with Crippen molar-refractivity contribution in [3.05, 3.63) is 0 Å². The van der Waals surface area contributed by atoms with Crippen LogP contribution in [-0.4, -0.2) is 48.7 Å². The first-order valence-corrected chi connectivity index (χ1v) is 9.54. The molecular formula is C14H24N4O2S2. The van der Waals surface area contributed by atoms with Crippen LogP contribution >= 0.6 is 23.1 Å². The van der Waals surface area contributed by atoms with E-state index in [1.807, 2.05) is 0 Å². The van der Waals surface area contributed by atoms with Crippen LogP contribution in [0.1, 0.15) is 32.1 Å². The molecule has 0 radical (unpaired) electrons. The summed E-state index contributed by atoms with van der Waals surface area (Å²) in [7, 11) is 1.66. The van der Waals surface area contributed by atoms with Gasteiger partial charge in [0, 0.05) is 20.2 Å².